The normalized spacial score (nSPS) is 14.4. The number of carbonyl (C=O) groups is 2. The van der Waals surface area contributed by atoms with E-state index in [1.165, 1.54) is 0 Å². The summed E-state index contributed by atoms with van der Waals surface area (Å²) in [6, 6.07) is 9.20. The summed E-state index contributed by atoms with van der Waals surface area (Å²) in [5, 5.41) is 2.84. The van der Waals surface area contributed by atoms with Gasteiger partial charge in [0, 0.05) is 38.1 Å². The maximum atomic E-state index is 12.4. The van der Waals surface area contributed by atoms with E-state index in [1.54, 1.807) is 17.2 Å². The molecular formula is C17H19N5O2. The Kier molecular flexibility index (Phi) is 4.69. The third-order valence-corrected chi connectivity index (χ3v) is 3.90. The molecule has 0 bridgehead atoms. The average Bonchev–Trinajstić information content (AvgIpc) is 2.62. The number of anilines is 2. The number of piperazine rings is 1. The van der Waals surface area contributed by atoms with Crippen LogP contribution in [-0.2, 0) is 4.79 Å². The first-order valence-electron chi connectivity index (χ1n) is 7.81. The zero-order valence-corrected chi connectivity index (χ0v) is 13.5. The second-order valence-electron chi connectivity index (χ2n) is 5.69. The molecule has 1 aliphatic rings. The number of aryl methyl sites for hydroxylation is 1. The molecule has 7 nitrogen and oxygen atoms in total. The quantitative estimate of drug-likeness (QED) is 0.858. The predicted molar refractivity (Wildman–Crippen MR) is 91.0 cm³/mol. The summed E-state index contributed by atoms with van der Waals surface area (Å²) in [7, 11) is 0. The lowest BCUT2D eigenvalue weighted by molar-refractivity contribution is -0.118. The van der Waals surface area contributed by atoms with Crippen LogP contribution in [0.2, 0.25) is 0 Å². The topological polar surface area (TPSA) is 78.4 Å². The summed E-state index contributed by atoms with van der Waals surface area (Å²) in [5.41, 5.74) is 2.13. The molecule has 1 aromatic carbocycles. The van der Waals surface area contributed by atoms with Crippen molar-refractivity contribution in [2.24, 2.45) is 0 Å². The molecule has 0 unspecified atom stereocenters. The van der Waals surface area contributed by atoms with Crippen LogP contribution in [0.5, 0.6) is 0 Å². The second-order valence-corrected chi connectivity index (χ2v) is 5.69. The summed E-state index contributed by atoms with van der Waals surface area (Å²) in [6.45, 7) is 4.54. The Morgan fingerprint density at radius 1 is 1.21 bits per heavy atom. The molecule has 0 saturated carbocycles. The fourth-order valence-electron chi connectivity index (χ4n) is 2.57. The number of carbonyl (C=O) groups excluding carboxylic acids is 2. The number of rotatable bonds is 4. The molecule has 1 fully saturated rings. The molecule has 24 heavy (non-hydrogen) atoms. The Labute approximate surface area is 140 Å². The van der Waals surface area contributed by atoms with Crippen molar-refractivity contribution in [2.45, 2.75) is 6.92 Å². The monoisotopic (exact) mass is 325 g/mol. The molecule has 0 spiro atoms. The molecular weight excluding hydrogens is 306 g/mol. The van der Waals surface area contributed by atoms with E-state index in [0.29, 0.717) is 37.8 Å². The van der Waals surface area contributed by atoms with E-state index < -0.39 is 0 Å². The first-order valence-corrected chi connectivity index (χ1v) is 7.81. The van der Waals surface area contributed by atoms with Crippen LogP contribution in [0.25, 0.3) is 0 Å². The largest absolute Gasteiger partial charge is 0.342 e. The van der Waals surface area contributed by atoms with Crippen molar-refractivity contribution in [1.82, 2.24) is 14.9 Å². The zero-order chi connectivity index (χ0) is 16.9. The van der Waals surface area contributed by atoms with Crippen LogP contribution >= 0.6 is 0 Å². The number of amides is 2. The zero-order valence-electron chi connectivity index (χ0n) is 13.5. The molecule has 2 heterocycles. The first-order chi connectivity index (χ1) is 11.7. The van der Waals surface area contributed by atoms with E-state index in [9.17, 15) is 9.59 Å². The van der Waals surface area contributed by atoms with Crippen molar-refractivity contribution in [3.8, 4) is 0 Å². The molecule has 2 aromatic rings. The standard InChI is InChI=1S/C17H19N5O2/c1-13-3-2-4-14(11-13)19-16(24)15-5-6-18-17(20-15)22-9-7-21(12-23)8-10-22/h2-6,11-12H,7-10H2,1H3,(H,19,24). The van der Waals surface area contributed by atoms with Crippen molar-refractivity contribution in [3.05, 3.63) is 47.8 Å². The van der Waals surface area contributed by atoms with Gasteiger partial charge in [0.15, 0.2) is 0 Å². The average molecular weight is 325 g/mol. The molecule has 0 aliphatic carbocycles. The second kappa shape index (κ2) is 7.08. The highest BCUT2D eigenvalue weighted by Crippen LogP contribution is 2.13. The van der Waals surface area contributed by atoms with Crippen LogP contribution in [0, 0.1) is 6.92 Å². The van der Waals surface area contributed by atoms with Gasteiger partial charge in [0.1, 0.15) is 5.69 Å². The van der Waals surface area contributed by atoms with Gasteiger partial charge in [-0.15, -0.1) is 0 Å². The Morgan fingerprint density at radius 3 is 2.71 bits per heavy atom. The van der Waals surface area contributed by atoms with Gasteiger partial charge in [-0.25, -0.2) is 9.97 Å². The predicted octanol–water partition coefficient (Wildman–Crippen LogP) is 1.32. The van der Waals surface area contributed by atoms with E-state index in [4.69, 9.17) is 0 Å². The van der Waals surface area contributed by atoms with Gasteiger partial charge in [0.25, 0.3) is 5.91 Å². The number of nitrogens with zero attached hydrogens (tertiary/aromatic N) is 4. The number of aromatic nitrogens is 2. The van der Waals surface area contributed by atoms with E-state index in [0.717, 1.165) is 17.7 Å². The molecule has 1 saturated heterocycles. The summed E-state index contributed by atoms with van der Waals surface area (Å²) in [6.07, 6.45) is 2.43. The van der Waals surface area contributed by atoms with Gasteiger partial charge in [-0.2, -0.15) is 0 Å². The molecule has 2 amide bonds. The van der Waals surface area contributed by atoms with Crippen molar-refractivity contribution in [2.75, 3.05) is 36.4 Å². The number of hydrogen-bond donors (Lipinski definition) is 1. The third-order valence-electron chi connectivity index (χ3n) is 3.90. The van der Waals surface area contributed by atoms with Gasteiger partial charge in [-0.3, -0.25) is 9.59 Å². The fourth-order valence-corrected chi connectivity index (χ4v) is 2.57. The maximum absolute atomic E-state index is 12.4. The van der Waals surface area contributed by atoms with Gasteiger partial charge < -0.3 is 15.1 Å². The summed E-state index contributed by atoms with van der Waals surface area (Å²) < 4.78 is 0. The van der Waals surface area contributed by atoms with Crippen molar-refractivity contribution in [3.63, 3.8) is 0 Å². The van der Waals surface area contributed by atoms with Gasteiger partial charge >= 0.3 is 0 Å². The maximum Gasteiger partial charge on any atom is 0.274 e. The van der Waals surface area contributed by atoms with E-state index in [1.807, 2.05) is 36.1 Å². The fraction of sp³-hybridized carbons (Fsp3) is 0.294. The number of hydrogen-bond acceptors (Lipinski definition) is 5. The van der Waals surface area contributed by atoms with Crippen molar-refractivity contribution in [1.29, 1.82) is 0 Å². The van der Waals surface area contributed by atoms with Gasteiger partial charge in [-0.1, -0.05) is 12.1 Å². The lowest BCUT2D eigenvalue weighted by Crippen LogP contribution is -2.46. The molecule has 1 N–H and O–H groups in total. The smallest absolute Gasteiger partial charge is 0.274 e. The minimum Gasteiger partial charge on any atom is -0.342 e. The van der Waals surface area contributed by atoms with Crippen LogP contribution in [0.4, 0.5) is 11.6 Å². The lowest BCUT2D eigenvalue weighted by atomic mass is 10.2. The summed E-state index contributed by atoms with van der Waals surface area (Å²) in [4.78, 5) is 35.4. The van der Waals surface area contributed by atoms with E-state index in [-0.39, 0.29) is 5.91 Å². The van der Waals surface area contributed by atoms with Crippen molar-refractivity contribution < 1.29 is 9.59 Å². The third kappa shape index (κ3) is 3.68. The van der Waals surface area contributed by atoms with Crippen LogP contribution < -0.4 is 10.2 Å². The number of nitrogens with one attached hydrogen (secondary N) is 1. The van der Waals surface area contributed by atoms with Crippen LogP contribution in [0.3, 0.4) is 0 Å². The minimum atomic E-state index is -0.268. The lowest BCUT2D eigenvalue weighted by Gasteiger charge is -2.32. The van der Waals surface area contributed by atoms with E-state index >= 15 is 0 Å². The highest BCUT2D eigenvalue weighted by Gasteiger charge is 2.19. The van der Waals surface area contributed by atoms with Gasteiger partial charge in [-0.05, 0) is 30.7 Å². The highest BCUT2D eigenvalue weighted by atomic mass is 16.2. The molecule has 0 radical (unpaired) electrons. The number of benzene rings is 1. The summed E-state index contributed by atoms with van der Waals surface area (Å²) in [5.74, 6) is 0.244. The van der Waals surface area contributed by atoms with E-state index in [2.05, 4.69) is 15.3 Å². The first kappa shape index (κ1) is 15.9. The Balaban J connectivity index is 1.70. The molecule has 1 aliphatic heterocycles. The Morgan fingerprint density at radius 2 is 2.00 bits per heavy atom. The van der Waals surface area contributed by atoms with Crippen LogP contribution in [-0.4, -0.2) is 53.4 Å². The minimum absolute atomic E-state index is 0.268. The SMILES string of the molecule is Cc1cccc(NC(=O)c2ccnc(N3CCN(C=O)CC3)n2)c1. The van der Waals surface area contributed by atoms with Gasteiger partial charge in [0.05, 0.1) is 0 Å². The highest BCUT2D eigenvalue weighted by molar-refractivity contribution is 6.03. The van der Waals surface area contributed by atoms with Gasteiger partial charge in [0.2, 0.25) is 12.4 Å². The Hall–Kier alpha value is -2.96. The molecule has 3 rings (SSSR count). The Bertz CT molecular complexity index is 741. The van der Waals surface area contributed by atoms with Crippen LogP contribution in [0.1, 0.15) is 16.1 Å². The van der Waals surface area contributed by atoms with Crippen LogP contribution in [0.15, 0.2) is 36.5 Å². The molecule has 1 aromatic heterocycles. The van der Waals surface area contributed by atoms with Crippen molar-refractivity contribution >= 4 is 24.0 Å². The molecule has 7 heteroatoms. The molecule has 124 valence electrons. The molecule has 0 atom stereocenters. The summed E-state index contributed by atoms with van der Waals surface area (Å²) >= 11 is 0.